The van der Waals surface area contributed by atoms with Crippen LogP contribution in [0.1, 0.15) is 31.0 Å². The molecule has 0 aliphatic carbocycles. The number of carbonyl (C=O) groups excluding carboxylic acids is 1. The maximum absolute atomic E-state index is 12.0. The Kier molecular flexibility index (Phi) is 6.81. The van der Waals surface area contributed by atoms with E-state index in [4.69, 9.17) is 5.73 Å². The number of rotatable bonds is 5. The fourth-order valence-electron chi connectivity index (χ4n) is 1.77. The molecule has 0 fully saturated rings. The van der Waals surface area contributed by atoms with E-state index in [0.717, 1.165) is 11.3 Å². The number of nitrogens with zero attached hydrogens (tertiary/aromatic N) is 1. The van der Waals surface area contributed by atoms with E-state index in [-0.39, 0.29) is 18.3 Å². The van der Waals surface area contributed by atoms with Crippen LogP contribution in [0.25, 0.3) is 0 Å². The Balaban J connectivity index is 0.00000220. The smallest absolute Gasteiger partial charge is 0.243 e. The highest BCUT2D eigenvalue weighted by Crippen LogP contribution is 2.21. The van der Waals surface area contributed by atoms with Crippen LogP contribution in [0.2, 0.25) is 0 Å². The Hall–Kier alpha value is -1.43. The van der Waals surface area contributed by atoms with Gasteiger partial charge < -0.3 is 11.1 Å². The zero-order chi connectivity index (χ0) is 14.5. The quantitative estimate of drug-likeness (QED) is 0.887. The summed E-state index contributed by atoms with van der Waals surface area (Å²) in [5.74, 6) is 0.161. The van der Waals surface area contributed by atoms with Gasteiger partial charge in [0.15, 0.2) is 5.13 Å². The average Bonchev–Trinajstić information content (AvgIpc) is 2.88. The van der Waals surface area contributed by atoms with Crippen molar-refractivity contribution in [1.82, 2.24) is 4.98 Å². The summed E-state index contributed by atoms with van der Waals surface area (Å²) in [4.78, 5) is 16.4. The number of halogens is 1. The lowest BCUT2D eigenvalue weighted by atomic mass is 10.1. The molecule has 4 nitrogen and oxygen atoms in total. The van der Waals surface area contributed by atoms with Crippen molar-refractivity contribution in [3.63, 3.8) is 0 Å². The van der Waals surface area contributed by atoms with Gasteiger partial charge in [0.1, 0.15) is 0 Å². The average molecular weight is 326 g/mol. The first-order chi connectivity index (χ1) is 9.56. The fraction of sp³-hybridized carbons (Fsp3) is 0.333. The SMILES string of the molecule is CC(C)c1csc(NC(=O)C(N)Cc2ccccc2)n1.Cl. The van der Waals surface area contributed by atoms with Crippen LogP contribution < -0.4 is 11.1 Å². The highest BCUT2D eigenvalue weighted by Gasteiger charge is 2.16. The van der Waals surface area contributed by atoms with Crippen LogP contribution >= 0.6 is 23.7 Å². The first kappa shape index (κ1) is 17.6. The summed E-state index contributed by atoms with van der Waals surface area (Å²) in [7, 11) is 0. The molecule has 1 aromatic heterocycles. The lowest BCUT2D eigenvalue weighted by Gasteiger charge is -2.10. The van der Waals surface area contributed by atoms with Crippen LogP contribution in [0.15, 0.2) is 35.7 Å². The van der Waals surface area contributed by atoms with Gasteiger partial charge in [-0.15, -0.1) is 23.7 Å². The summed E-state index contributed by atoms with van der Waals surface area (Å²) < 4.78 is 0. The van der Waals surface area contributed by atoms with Gasteiger partial charge in [-0.05, 0) is 17.9 Å². The van der Waals surface area contributed by atoms with Gasteiger partial charge in [0, 0.05) is 5.38 Å². The predicted molar refractivity (Wildman–Crippen MR) is 90.2 cm³/mol. The van der Waals surface area contributed by atoms with Crippen LogP contribution in [0, 0.1) is 0 Å². The standard InChI is InChI=1S/C15H19N3OS.ClH/c1-10(2)13-9-20-15(17-13)18-14(19)12(16)8-11-6-4-3-5-7-11;/h3-7,9-10,12H,8,16H2,1-2H3,(H,17,18,19);1H. The van der Waals surface area contributed by atoms with Crippen molar-refractivity contribution in [3.05, 3.63) is 47.0 Å². The molecule has 2 aromatic rings. The van der Waals surface area contributed by atoms with Crippen molar-refractivity contribution in [2.45, 2.75) is 32.2 Å². The first-order valence-corrected chi connectivity index (χ1v) is 7.50. The second-order valence-electron chi connectivity index (χ2n) is 5.02. The number of carbonyl (C=O) groups is 1. The third kappa shape index (κ3) is 5.12. The van der Waals surface area contributed by atoms with Crippen molar-refractivity contribution in [1.29, 1.82) is 0 Å². The molecule has 1 aromatic carbocycles. The molecule has 0 aliphatic heterocycles. The molecule has 6 heteroatoms. The van der Waals surface area contributed by atoms with Gasteiger partial charge in [-0.2, -0.15) is 0 Å². The van der Waals surface area contributed by atoms with Crippen molar-refractivity contribution < 1.29 is 4.79 Å². The van der Waals surface area contributed by atoms with E-state index in [1.165, 1.54) is 11.3 Å². The summed E-state index contributed by atoms with van der Waals surface area (Å²) in [5.41, 5.74) is 7.97. The van der Waals surface area contributed by atoms with E-state index in [1.54, 1.807) is 0 Å². The molecular weight excluding hydrogens is 306 g/mol. The minimum Gasteiger partial charge on any atom is -0.320 e. The van der Waals surface area contributed by atoms with Gasteiger partial charge in [0.25, 0.3) is 0 Å². The third-order valence-corrected chi connectivity index (χ3v) is 3.75. The van der Waals surface area contributed by atoms with Gasteiger partial charge in [0.2, 0.25) is 5.91 Å². The maximum atomic E-state index is 12.0. The summed E-state index contributed by atoms with van der Waals surface area (Å²) in [5, 5.41) is 5.36. The molecule has 114 valence electrons. The monoisotopic (exact) mass is 325 g/mol. The molecule has 1 amide bonds. The molecule has 0 saturated carbocycles. The molecule has 1 atom stereocenters. The second-order valence-corrected chi connectivity index (χ2v) is 5.88. The van der Waals surface area contributed by atoms with Crippen molar-refractivity contribution in [2.24, 2.45) is 5.73 Å². The highest BCUT2D eigenvalue weighted by atomic mass is 35.5. The van der Waals surface area contributed by atoms with Crippen LogP contribution in [-0.2, 0) is 11.2 Å². The number of hydrogen-bond donors (Lipinski definition) is 2. The van der Waals surface area contributed by atoms with Gasteiger partial charge in [0.05, 0.1) is 11.7 Å². The predicted octanol–water partition coefficient (Wildman–Crippen LogP) is 3.20. The number of thiazole rings is 1. The first-order valence-electron chi connectivity index (χ1n) is 6.62. The summed E-state index contributed by atoms with van der Waals surface area (Å²) in [6.45, 7) is 4.14. The highest BCUT2D eigenvalue weighted by molar-refractivity contribution is 7.13. The minimum atomic E-state index is -0.566. The lowest BCUT2D eigenvalue weighted by molar-refractivity contribution is -0.117. The van der Waals surface area contributed by atoms with E-state index in [9.17, 15) is 4.79 Å². The number of hydrogen-bond acceptors (Lipinski definition) is 4. The summed E-state index contributed by atoms with van der Waals surface area (Å²) >= 11 is 1.43. The van der Waals surface area contributed by atoms with E-state index in [2.05, 4.69) is 24.1 Å². The molecule has 2 rings (SSSR count). The molecule has 0 spiro atoms. The molecule has 1 heterocycles. The molecular formula is C15H20ClN3OS. The topological polar surface area (TPSA) is 68.0 Å². The van der Waals surface area contributed by atoms with Crippen molar-refractivity contribution in [3.8, 4) is 0 Å². The number of benzene rings is 1. The number of anilines is 1. The van der Waals surface area contributed by atoms with Gasteiger partial charge >= 0.3 is 0 Å². The van der Waals surface area contributed by atoms with Crippen LogP contribution in [0.3, 0.4) is 0 Å². The number of nitrogens with one attached hydrogen (secondary N) is 1. The van der Waals surface area contributed by atoms with Crippen LogP contribution in [-0.4, -0.2) is 16.9 Å². The van der Waals surface area contributed by atoms with E-state index in [0.29, 0.717) is 17.5 Å². The maximum Gasteiger partial charge on any atom is 0.243 e. The van der Waals surface area contributed by atoms with Gasteiger partial charge in [-0.25, -0.2) is 4.98 Å². The van der Waals surface area contributed by atoms with Crippen molar-refractivity contribution in [2.75, 3.05) is 5.32 Å². The van der Waals surface area contributed by atoms with Gasteiger partial charge in [-0.3, -0.25) is 4.79 Å². The Labute approximate surface area is 135 Å². The molecule has 1 unspecified atom stereocenters. The van der Waals surface area contributed by atoms with Crippen LogP contribution in [0.5, 0.6) is 0 Å². The van der Waals surface area contributed by atoms with E-state index in [1.807, 2.05) is 35.7 Å². The second kappa shape index (κ2) is 8.12. The summed E-state index contributed by atoms with van der Waals surface area (Å²) in [6, 6.07) is 9.19. The Morgan fingerprint density at radius 1 is 1.33 bits per heavy atom. The normalized spacial score (nSPS) is 11.8. The third-order valence-electron chi connectivity index (χ3n) is 2.98. The molecule has 3 N–H and O–H groups in total. The van der Waals surface area contributed by atoms with E-state index < -0.39 is 6.04 Å². The Morgan fingerprint density at radius 3 is 2.57 bits per heavy atom. The zero-order valence-corrected chi connectivity index (χ0v) is 13.7. The number of amides is 1. The molecule has 0 aliphatic rings. The van der Waals surface area contributed by atoms with E-state index >= 15 is 0 Å². The van der Waals surface area contributed by atoms with Gasteiger partial charge in [-0.1, -0.05) is 44.2 Å². The zero-order valence-electron chi connectivity index (χ0n) is 12.1. The summed E-state index contributed by atoms with van der Waals surface area (Å²) in [6.07, 6.45) is 0.523. The minimum absolute atomic E-state index is 0. The Morgan fingerprint density at radius 2 is 2.00 bits per heavy atom. The largest absolute Gasteiger partial charge is 0.320 e. The fourth-order valence-corrected chi connectivity index (χ4v) is 2.64. The number of aromatic nitrogens is 1. The lowest BCUT2D eigenvalue weighted by Crippen LogP contribution is -2.37. The molecule has 0 radical (unpaired) electrons. The molecule has 0 saturated heterocycles. The number of nitrogens with two attached hydrogens (primary N) is 1. The van der Waals surface area contributed by atoms with Crippen LogP contribution in [0.4, 0.5) is 5.13 Å². The molecule has 21 heavy (non-hydrogen) atoms. The Bertz CT molecular complexity index is 571. The molecule has 0 bridgehead atoms. The van der Waals surface area contributed by atoms with Crippen molar-refractivity contribution >= 4 is 34.8 Å².